The Labute approximate surface area is 111 Å². The molecule has 0 spiro atoms. The number of rotatable bonds is 2. The van der Waals surface area contributed by atoms with E-state index in [1.807, 2.05) is 13.8 Å². The van der Waals surface area contributed by atoms with Gasteiger partial charge in [0.1, 0.15) is 5.82 Å². The van der Waals surface area contributed by atoms with Crippen molar-refractivity contribution in [3.8, 4) is 0 Å². The summed E-state index contributed by atoms with van der Waals surface area (Å²) < 4.78 is 1.80. The molecule has 0 aromatic carbocycles. The highest BCUT2D eigenvalue weighted by Gasteiger charge is 2.24. The summed E-state index contributed by atoms with van der Waals surface area (Å²) in [5, 5.41) is 4.01. The van der Waals surface area contributed by atoms with Gasteiger partial charge < -0.3 is 5.32 Å². The topological polar surface area (TPSA) is 59.8 Å². The number of nitrogens with one attached hydrogen (secondary N) is 1. The molecule has 3 heterocycles. The SMILES string of the molecule is CC(C)n1c([C@H]2CCCN2)nc2ncccc2c1=O. The molecule has 1 aliphatic rings. The van der Waals surface area contributed by atoms with Gasteiger partial charge in [0.25, 0.3) is 5.56 Å². The van der Waals surface area contributed by atoms with Gasteiger partial charge in [-0.05, 0) is 45.4 Å². The molecule has 1 saturated heterocycles. The van der Waals surface area contributed by atoms with Gasteiger partial charge in [-0.2, -0.15) is 0 Å². The van der Waals surface area contributed by atoms with Crippen LogP contribution in [0.2, 0.25) is 0 Å². The van der Waals surface area contributed by atoms with Crippen LogP contribution in [0.3, 0.4) is 0 Å². The molecule has 0 bridgehead atoms. The molecular formula is C14H18N4O. The molecular weight excluding hydrogens is 240 g/mol. The van der Waals surface area contributed by atoms with Gasteiger partial charge in [0.2, 0.25) is 0 Å². The Bertz CT molecular complexity index is 656. The third-order valence-corrected chi connectivity index (χ3v) is 3.59. The van der Waals surface area contributed by atoms with Crippen molar-refractivity contribution in [1.82, 2.24) is 19.9 Å². The van der Waals surface area contributed by atoms with Crippen LogP contribution in [-0.4, -0.2) is 21.1 Å². The molecule has 5 heteroatoms. The summed E-state index contributed by atoms with van der Waals surface area (Å²) in [5.41, 5.74) is 0.560. The van der Waals surface area contributed by atoms with Crippen LogP contribution < -0.4 is 10.9 Å². The van der Waals surface area contributed by atoms with Crippen LogP contribution in [-0.2, 0) is 0 Å². The maximum absolute atomic E-state index is 12.6. The minimum Gasteiger partial charge on any atom is -0.307 e. The molecule has 1 N–H and O–H groups in total. The molecule has 19 heavy (non-hydrogen) atoms. The molecule has 2 aromatic heterocycles. The van der Waals surface area contributed by atoms with E-state index in [0.717, 1.165) is 25.2 Å². The lowest BCUT2D eigenvalue weighted by molar-refractivity contribution is 0.484. The van der Waals surface area contributed by atoms with Crippen molar-refractivity contribution < 1.29 is 0 Å². The summed E-state index contributed by atoms with van der Waals surface area (Å²) in [6.07, 6.45) is 3.83. The summed E-state index contributed by atoms with van der Waals surface area (Å²) in [6, 6.07) is 3.84. The normalized spacial score (nSPS) is 19.4. The minimum absolute atomic E-state index is 0.0109. The van der Waals surface area contributed by atoms with Crippen LogP contribution in [0.15, 0.2) is 23.1 Å². The summed E-state index contributed by atoms with van der Waals surface area (Å²) in [6.45, 7) is 5.02. The zero-order chi connectivity index (χ0) is 13.4. The van der Waals surface area contributed by atoms with Gasteiger partial charge in [0, 0.05) is 12.2 Å². The lowest BCUT2D eigenvalue weighted by Crippen LogP contribution is -2.31. The summed E-state index contributed by atoms with van der Waals surface area (Å²) in [7, 11) is 0. The summed E-state index contributed by atoms with van der Waals surface area (Å²) in [4.78, 5) is 21.5. The van der Waals surface area contributed by atoms with E-state index in [1.165, 1.54) is 0 Å². The largest absolute Gasteiger partial charge is 0.307 e. The Morgan fingerprint density at radius 2 is 2.32 bits per heavy atom. The Morgan fingerprint density at radius 3 is 3.00 bits per heavy atom. The third kappa shape index (κ3) is 2.04. The van der Waals surface area contributed by atoms with Gasteiger partial charge in [-0.1, -0.05) is 0 Å². The molecule has 1 aliphatic heterocycles. The van der Waals surface area contributed by atoms with Crippen LogP contribution in [0, 0.1) is 0 Å². The van der Waals surface area contributed by atoms with Crippen molar-refractivity contribution in [3.63, 3.8) is 0 Å². The minimum atomic E-state index is 0.0109. The fourth-order valence-corrected chi connectivity index (χ4v) is 2.70. The van der Waals surface area contributed by atoms with Gasteiger partial charge in [-0.15, -0.1) is 0 Å². The molecule has 0 radical (unpaired) electrons. The van der Waals surface area contributed by atoms with Gasteiger partial charge in [-0.25, -0.2) is 9.97 Å². The van der Waals surface area contributed by atoms with Gasteiger partial charge in [-0.3, -0.25) is 9.36 Å². The van der Waals surface area contributed by atoms with Crippen LogP contribution >= 0.6 is 0 Å². The Morgan fingerprint density at radius 1 is 1.47 bits per heavy atom. The average molecular weight is 258 g/mol. The highest BCUT2D eigenvalue weighted by atomic mass is 16.1. The number of hydrogen-bond acceptors (Lipinski definition) is 4. The van der Waals surface area contributed by atoms with Crippen LogP contribution in [0.1, 0.15) is 44.6 Å². The monoisotopic (exact) mass is 258 g/mol. The molecule has 0 aliphatic carbocycles. The number of hydrogen-bond donors (Lipinski definition) is 1. The molecule has 2 aromatic rings. The first kappa shape index (κ1) is 12.3. The summed E-state index contributed by atoms with van der Waals surface area (Å²) >= 11 is 0. The second-order valence-electron chi connectivity index (χ2n) is 5.26. The van der Waals surface area contributed by atoms with Gasteiger partial charge in [0.05, 0.1) is 11.4 Å². The van der Waals surface area contributed by atoms with E-state index < -0.39 is 0 Å². The van der Waals surface area contributed by atoms with Crippen LogP contribution in [0.4, 0.5) is 0 Å². The van der Waals surface area contributed by atoms with Crippen molar-refractivity contribution in [3.05, 3.63) is 34.5 Å². The van der Waals surface area contributed by atoms with Gasteiger partial charge >= 0.3 is 0 Å². The average Bonchev–Trinajstić information content (AvgIpc) is 2.92. The second kappa shape index (κ2) is 4.74. The van der Waals surface area contributed by atoms with Crippen LogP contribution in [0.5, 0.6) is 0 Å². The maximum Gasteiger partial charge on any atom is 0.263 e. The van der Waals surface area contributed by atoms with Crippen molar-refractivity contribution in [2.75, 3.05) is 6.54 Å². The molecule has 1 atom stereocenters. The van der Waals surface area contributed by atoms with Crippen molar-refractivity contribution in [2.45, 2.75) is 38.8 Å². The van der Waals surface area contributed by atoms with Crippen LogP contribution in [0.25, 0.3) is 11.0 Å². The number of aromatic nitrogens is 3. The second-order valence-corrected chi connectivity index (χ2v) is 5.26. The zero-order valence-electron chi connectivity index (χ0n) is 11.3. The molecule has 3 rings (SSSR count). The third-order valence-electron chi connectivity index (χ3n) is 3.59. The van der Waals surface area contributed by atoms with E-state index >= 15 is 0 Å². The predicted molar refractivity (Wildman–Crippen MR) is 74.2 cm³/mol. The molecule has 5 nitrogen and oxygen atoms in total. The summed E-state index contributed by atoms with van der Waals surface area (Å²) in [5.74, 6) is 0.823. The quantitative estimate of drug-likeness (QED) is 0.892. The maximum atomic E-state index is 12.6. The predicted octanol–water partition coefficient (Wildman–Crippen LogP) is 1.80. The van der Waals surface area contributed by atoms with E-state index in [-0.39, 0.29) is 17.6 Å². The molecule has 0 amide bonds. The first-order valence-electron chi connectivity index (χ1n) is 6.79. The number of fused-ring (bicyclic) bond motifs is 1. The Kier molecular flexibility index (Phi) is 3.06. The van der Waals surface area contributed by atoms with Gasteiger partial charge in [0.15, 0.2) is 5.65 Å². The van der Waals surface area contributed by atoms with E-state index in [1.54, 1.807) is 22.9 Å². The van der Waals surface area contributed by atoms with Crippen molar-refractivity contribution >= 4 is 11.0 Å². The highest BCUT2D eigenvalue weighted by molar-refractivity contribution is 5.73. The lowest BCUT2D eigenvalue weighted by Gasteiger charge is -2.20. The first-order chi connectivity index (χ1) is 9.18. The lowest BCUT2D eigenvalue weighted by atomic mass is 10.2. The fraction of sp³-hybridized carbons (Fsp3) is 0.500. The standard InChI is InChI=1S/C14H18N4O/c1-9(2)18-13(11-6-4-7-15-11)17-12-10(14(18)19)5-3-8-16-12/h3,5,8-9,11,15H,4,6-7H2,1-2H3/t11-/m1/s1. The Balaban J connectivity index is 2.29. The van der Waals surface area contributed by atoms with E-state index in [0.29, 0.717) is 11.0 Å². The van der Waals surface area contributed by atoms with Crippen molar-refractivity contribution in [1.29, 1.82) is 0 Å². The number of pyridine rings is 1. The van der Waals surface area contributed by atoms with Crippen molar-refractivity contribution in [2.24, 2.45) is 0 Å². The molecule has 100 valence electrons. The number of nitrogens with zero attached hydrogens (tertiary/aromatic N) is 3. The molecule has 0 saturated carbocycles. The first-order valence-corrected chi connectivity index (χ1v) is 6.79. The Hall–Kier alpha value is -1.75. The zero-order valence-corrected chi connectivity index (χ0v) is 11.3. The fourth-order valence-electron chi connectivity index (χ4n) is 2.70. The highest BCUT2D eigenvalue weighted by Crippen LogP contribution is 2.23. The van der Waals surface area contributed by atoms with E-state index in [9.17, 15) is 4.79 Å². The van der Waals surface area contributed by atoms with E-state index in [4.69, 9.17) is 0 Å². The van der Waals surface area contributed by atoms with E-state index in [2.05, 4.69) is 15.3 Å². The smallest absolute Gasteiger partial charge is 0.263 e. The molecule has 0 unspecified atom stereocenters. The molecule has 1 fully saturated rings.